The maximum atomic E-state index is 10.1. The minimum absolute atomic E-state index is 0. The Labute approximate surface area is 70.3 Å². The molecule has 0 aliphatic carbocycles. The molecule has 3 nitrogen and oxygen atoms in total. The number of hydrogen-bond acceptors (Lipinski definition) is 1. The van der Waals surface area contributed by atoms with Gasteiger partial charge in [-0.25, -0.2) is 4.79 Å². The summed E-state index contributed by atoms with van der Waals surface area (Å²) in [7, 11) is 0. The van der Waals surface area contributed by atoms with E-state index in [0.717, 1.165) is 11.6 Å². The molecule has 3 heteroatoms. The van der Waals surface area contributed by atoms with E-state index in [0.29, 0.717) is 0 Å². The molecule has 0 spiro atoms. The van der Waals surface area contributed by atoms with E-state index < -0.39 is 5.97 Å². The smallest absolute Gasteiger partial charge is 0.328 e. The normalized spacial score (nSPS) is 9.33. The average molecular weight is 166 g/mol. The molecule has 0 fully saturated rings. The lowest BCUT2D eigenvalue weighted by Crippen LogP contribution is -1.85. The predicted molar refractivity (Wildman–Crippen MR) is 46.7 cm³/mol. The highest BCUT2D eigenvalue weighted by molar-refractivity contribution is 5.85. The summed E-state index contributed by atoms with van der Waals surface area (Å²) < 4.78 is 0. The van der Waals surface area contributed by atoms with Gasteiger partial charge < -0.3 is 10.6 Å². The van der Waals surface area contributed by atoms with E-state index in [1.54, 1.807) is 6.08 Å². The minimum atomic E-state index is -0.922. The fourth-order valence-corrected chi connectivity index (χ4v) is 0.732. The lowest BCUT2D eigenvalue weighted by atomic mass is 10.2. The number of rotatable bonds is 2. The van der Waals surface area contributed by atoms with Crippen LogP contribution in [-0.4, -0.2) is 16.6 Å². The van der Waals surface area contributed by atoms with Crippen molar-refractivity contribution < 1.29 is 15.4 Å². The van der Waals surface area contributed by atoms with Gasteiger partial charge in [-0.1, -0.05) is 30.3 Å². The second-order valence-electron chi connectivity index (χ2n) is 2.08. The fraction of sp³-hybridized carbons (Fsp3) is 0. The van der Waals surface area contributed by atoms with Crippen LogP contribution in [0.2, 0.25) is 0 Å². The maximum absolute atomic E-state index is 10.1. The fourth-order valence-electron chi connectivity index (χ4n) is 0.732. The third kappa shape index (κ3) is 3.53. The summed E-state index contributed by atoms with van der Waals surface area (Å²) in [6.07, 6.45) is 2.68. The van der Waals surface area contributed by atoms with E-state index in [1.807, 2.05) is 30.3 Å². The summed E-state index contributed by atoms with van der Waals surface area (Å²) in [6, 6.07) is 9.31. The largest absolute Gasteiger partial charge is 0.478 e. The molecular formula is C9H10O3. The van der Waals surface area contributed by atoms with Crippen LogP contribution in [-0.2, 0) is 4.79 Å². The third-order valence-corrected chi connectivity index (χ3v) is 1.22. The van der Waals surface area contributed by atoms with Crippen molar-refractivity contribution in [3.63, 3.8) is 0 Å². The molecule has 0 unspecified atom stereocenters. The second-order valence-corrected chi connectivity index (χ2v) is 2.08. The van der Waals surface area contributed by atoms with E-state index in [-0.39, 0.29) is 5.48 Å². The van der Waals surface area contributed by atoms with Gasteiger partial charge in [-0.3, -0.25) is 0 Å². The van der Waals surface area contributed by atoms with Crippen molar-refractivity contribution in [3.05, 3.63) is 42.0 Å². The number of carboxylic acid groups (broad SMARTS) is 1. The number of carbonyl (C=O) groups is 1. The Hall–Kier alpha value is -1.61. The monoisotopic (exact) mass is 166 g/mol. The van der Waals surface area contributed by atoms with Crippen LogP contribution in [0.4, 0.5) is 0 Å². The van der Waals surface area contributed by atoms with Crippen LogP contribution in [0.15, 0.2) is 36.4 Å². The van der Waals surface area contributed by atoms with Gasteiger partial charge in [0.05, 0.1) is 0 Å². The Morgan fingerprint density at radius 1 is 1.25 bits per heavy atom. The summed E-state index contributed by atoms with van der Waals surface area (Å²) in [5, 5.41) is 8.29. The molecule has 0 amide bonds. The molecule has 0 aromatic heterocycles. The van der Waals surface area contributed by atoms with Crippen LogP contribution in [0.5, 0.6) is 0 Å². The molecule has 0 heterocycles. The number of carboxylic acids is 1. The van der Waals surface area contributed by atoms with Gasteiger partial charge in [-0.15, -0.1) is 0 Å². The van der Waals surface area contributed by atoms with Gasteiger partial charge in [-0.2, -0.15) is 0 Å². The van der Waals surface area contributed by atoms with Gasteiger partial charge in [-0.05, 0) is 11.6 Å². The van der Waals surface area contributed by atoms with Crippen LogP contribution in [0.1, 0.15) is 5.56 Å². The van der Waals surface area contributed by atoms with Gasteiger partial charge in [0.1, 0.15) is 0 Å². The van der Waals surface area contributed by atoms with Crippen molar-refractivity contribution in [2.75, 3.05) is 0 Å². The van der Waals surface area contributed by atoms with E-state index in [4.69, 9.17) is 5.11 Å². The van der Waals surface area contributed by atoms with Crippen molar-refractivity contribution in [1.82, 2.24) is 0 Å². The summed E-state index contributed by atoms with van der Waals surface area (Å²) in [6.45, 7) is 0. The standard InChI is InChI=1S/C9H8O2.H2O/c10-9(11)7-6-8-4-2-1-3-5-8;/h1-7H,(H,10,11);1H2/b7-6+;. The minimum Gasteiger partial charge on any atom is -0.478 e. The Morgan fingerprint density at radius 2 is 1.83 bits per heavy atom. The number of benzene rings is 1. The highest BCUT2D eigenvalue weighted by Crippen LogP contribution is 1.99. The van der Waals surface area contributed by atoms with Crippen LogP contribution in [0, 0.1) is 0 Å². The van der Waals surface area contributed by atoms with Crippen molar-refractivity contribution in [2.45, 2.75) is 0 Å². The van der Waals surface area contributed by atoms with E-state index in [9.17, 15) is 4.79 Å². The molecule has 0 bridgehead atoms. The van der Waals surface area contributed by atoms with Crippen molar-refractivity contribution in [3.8, 4) is 0 Å². The van der Waals surface area contributed by atoms with Crippen LogP contribution >= 0.6 is 0 Å². The molecule has 0 atom stereocenters. The molecule has 64 valence electrons. The predicted octanol–water partition coefficient (Wildman–Crippen LogP) is 0.960. The number of aliphatic carboxylic acids is 1. The lowest BCUT2D eigenvalue weighted by Gasteiger charge is -1.87. The molecule has 0 aliphatic rings. The van der Waals surface area contributed by atoms with Crippen LogP contribution in [0.3, 0.4) is 0 Å². The third-order valence-electron chi connectivity index (χ3n) is 1.22. The summed E-state index contributed by atoms with van der Waals surface area (Å²) in [5.41, 5.74) is 0.898. The number of hydrogen-bond donors (Lipinski definition) is 1. The molecule has 0 saturated carbocycles. The Balaban J connectivity index is 0.00000121. The molecule has 0 saturated heterocycles. The first kappa shape index (κ1) is 10.4. The average Bonchev–Trinajstić information content (AvgIpc) is 2.03. The molecule has 12 heavy (non-hydrogen) atoms. The van der Waals surface area contributed by atoms with E-state index >= 15 is 0 Å². The Morgan fingerprint density at radius 3 is 2.33 bits per heavy atom. The van der Waals surface area contributed by atoms with Gasteiger partial charge in [0.15, 0.2) is 0 Å². The van der Waals surface area contributed by atoms with Gasteiger partial charge >= 0.3 is 5.97 Å². The molecule has 1 aromatic rings. The first-order valence-corrected chi connectivity index (χ1v) is 3.25. The molecule has 0 radical (unpaired) electrons. The molecular weight excluding hydrogens is 156 g/mol. The first-order valence-electron chi connectivity index (χ1n) is 3.25. The highest BCUT2D eigenvalue weighted by Gasteiger charge is 1.85. The van der Waals surface area contributed by atoms with Crippen molar-refractivity contribution >= 4 is 12.0 Å². The summed E-state index contributed by atoms with van der Waals surface area (Å²) in [4.78, 5) is 10.1. The SMILES string of the molecule is O.O=C(O)/C=C/c1ccccc1. The zero-order valence-electron chi connectivity index (χ0n) is 6.40. The lowest BCUT2D eigenvalue weighted by molar-refractivity contribution is -0.131. The summed E-state index contributed by atoms with van der Waals surface area (Å²) in [5.74, 6) is -0.922. The Kier molecular flexibility index (Phi) is 4.41. The quantitative estimate of drug-likeness (QED) is 0.665. The Bertz CT molecular complexity index is 264. The van der Waals surface area contributed by atoms with Gasteiger partial charge in [0.2, 0.25) is 0 Å². The zero-order valence-corrected chi connectivity index (χ0v) is 6.40. The second kappa shape index (κ2) is 5.09. The zero-order chi connectivity index (χ0) is 8.10. The molecule has 1 rings (SSSR count). The van der Waals surface area contributed by atoms with Gasteiger partial charge in [0.25, 0.3) is 0 Å². The van der Waals surface area contributed by atoms with E-state index in [1.165, 1.54) is 0 Å². The summed E-state index contributed by atoms with van der Waals surface area (Å²) >= 11 is 0. The topological polar surface area (TPSA) is 68.8 Å². The van der Waals surface area contributed by atoms with Crippen LogP contribution in [0.25, 0.3) is 6.08 Å². The van der Waals surface area contributed by atoms with Gasteiger partial charge in [0, 0.05) is 6.08 Å². The maximum Gasteiger partial charge on any atom is 0.328 e. The molecule has 0 aliphatic heterocycles. The first-order chi connectivity index (χ1) is 5.29. The molecule has 1 aromatic carbocycles. The van der Waals surface area contributed by atoms with Crippen molar-refractivity contribution in [2.24, 2.45) is 0 Å². The van der Waals surface area contributed by atoms with Crippen LogP contribution < -0.4 is 0 Å². The highest BCUT2D eigenvalue weighted by atomic mass is 16.4. The van der Waals surface area contributed by atoms with E-state index in [2.05, 4.69) is 0 Å². The molecule has 3 N–H and O–H groups in total. The van der Waals surface area contributed by atoms with Crippen molar-refractivity contribution in [1.29, 1.82) is 0 Å².